The van der Waals surface area contributed by atoms with Crippen molar-refractivity contribution in [2.24, 2.45) is 5.16 Å². The molecule has 1 saturated heterocycles. The van der Waals surface area contributed by atoms with Gasteiger partial charge < -0.3 is 21.4 Å². The number of anilines is 1. The van der Waals surface area contributed by atoms with Gasteiger partial charge in [-0.1, -0.05) is 16.9 Å². The van der Waals surface area contributed by atoms with Crippen molar-refractivity contribution in [1.29, 1.82) is 0 Å². The third kappa shape index (κ3) is 4.29. The second kappa shape index (κ2) is 9.63. The molecule has 0 aliphatic carbocycles. The Morgan fingerprint density at radius 2 is 2.06 bits per heavy atom. The zero-order valence-electron chi connectivity index (χ0n) is 18.1. The minimum Gasteiger partial charge on any atom is -0.477 e. The van der Waals surface area contributed by atoms with Crippen LogP contribution in [0.1, 0.15) is 18.7 Å². The Hall–Kier alpha value is -3.89. The summed E-state index contributed by atoms with van der Waals surface area (Å²) >= 11 is 3.40. The van der Waals surface area contributed by atoms with Crippen molar-refractivity contribution in [3.8, 4) is 11.3 Å². The summed E-state index contributed by atoms with van der Waals surface area (Å²) in [7, 11) is 0. The van der Waals surface area contributed by atoms with Crippen LogP contribution in [0.15, 0.2) is 50.0 Å². The fourth-order valence-corrected chi connectivity index (χ4v) is 6.41. The maximum absolute atomic E-state index is 12.9. The Kier molecular flexibility index (Phi) is 6.38. The van der Waals surface area contributed by atoms with Gasteiger partial charge in [-0.3, -0.25) is 19.5 Å². The molecule has 16 heteroatoms. The first-order chi connectivity index (χ1) is 17.4. The zero-order chi connectivity index (χ0) is 25.4. The molecule has 3 aromatic rings. The van der Waals surface area contributed by atoms with Crippen LogP contribution in [0.5, 0.6) is 0 Å². The highest BCUT2D eigenvalue weighted by atomic mass is 32.2. The number of thioether (sulfide) groups is 1. The number of nitrogens with zero attached hydrogens (tertiary/aromatic N) is 6. The third-order valence-electron chi connectivity index (χ3n) is 5.52. The molecule has 0 bridgehead atoms. The van der Waals surface area contributed by atoms with E-state index in [1.807, 2.05) is 17.5 Å². The molecule has 2 unspecified atom stereocenters. The lowest BCUT2D eigenvalue weighted by Gasteiger charge is -2.49. The molecule has 2 atom stereocenters. The van der Waals surface area contributed by atoms with E-state index in [2.05, 4.69) is 29.8 Å². The number of rotatable bonds is 7. The van der Waals surface area contributed by atoms with E-state index in [9.17, 15) is 24.7 Å². The Labute approximate surface area is 214 Å². The maximum atomic E-state index is 12.9. The van der Waals surface area contributed by atoms with Gasteiger partial charge in [-0.15, -0.1) is 11.3 Å². The molecule has 0 radical (unpaired) electrons. The predicted molar refractivity (Wildman–Crippen MR) is 130 cm³/mol. The van der Waals surface area contributed by atoms with Crippen LogP contribution in [0.3, 0.4) is 0 Å². The molecule has 184 valence electrons. The van der Waals surface area contributed by atoms with E-state index in [1.165, 1.54) is 28.0 Å². The smallest absolute Gasteiger partial charge is 0.353 e. The number of amides is 2. The summed E-state index contributed by atoms with van der Waals surface area (Å²) in [5, 5.41) is 26.5. The second-order valence-electron chi connectivity index (χ2n) is 7.58. The first kappa shape index (κ1) is 23.8. The molecule has 2 amide bonds. The molecule has 0 aromatic carbocycles. The number of nitrogens with two attached hydrogens (primary N) is 1. The lowest BCUT2D eigenvalue weighted by Crippen LogP contribution is -2.72. The number of nitrogen functional groups attached to an aromatic ring is 1. The van der Waals surface area contributed by atoms with Crippen LogP contribution in [0.2, 0.25) is 0 Å². The molecular weight excluding hydrogens is 528 g/mol. The molecule has 5 N–H and O–H groups in total. The van der Waals surface area contributed by atoms with Crippen molar-refractivity contribution < 1.29 is 24.7 Å². The van der Waals surface area contributed by atoms with Gasteiger partial charge in [0.1, 0.15) is 11.7 Å². The number of pyridine rings is 1. The van der Waals surface area contributed by atoms with Gasteiger partial charge in [0, 0.05) is 39.8 Å². The zero-order valence-corrected chi connectivity index (χ0v) is 20.5. The van der Waals surface area contributed by atoms with E-state index in [0.717, 1.165) is 22.8 Å². The topological polar surface area (TPSA) is 197 Å². The number of carbonyl (C=O) groups excluding carboxylic acids is 2. The number of carboxylic acids is 1. The quantitative estimate of drug-likeness (QED) is 0.145. The summed E-state index contributed by atoms with van der Waals surface area (Å²) in [6.07, 6.45) is 4.13. The summed E-state index contributed by atoms with van der Waals surface area (Å²) in [4.78, 5) is 51.7. The van der Waals surface area contributed by atoms with Crippen LogP contribution < -0.4 is 11.1 Å². The van der Waals surface area contributed by atoms with Gasteiger partial charge in [0.25, 0.3) is 11.8 Å². The molecule has 36 heavy (non-hydrogen) atoms. The number of allylic oxidation sites excluding steroid dienone is 1. The van der Waals surface area contributed by atoms with Crippen molar-refractivity contribution in [1.82, 2.24) is 29.5 Å². The van der Waals surface area contributed by atoms with Crippen LogP contribution in [0, 0.1) is 0 Å². The predicted octanol–water partition coefficient (Wildman–Crippen LogP) is 1.40. The molecule has 1 fully saturated rings. The molecule has 0 spiro atoms. The molecule has 5 heterocycles. The average Bonchev–Trinajstić information content (AvgIpc) is 3.52. The fourth-order valence-electron chi connectivity index (χ4n) is 3.93. The minimum atomic E-state index is -1.24. The standard InChI is InChI=1S/C20H16N8O5S3/c21-19-25-15(27-36-19)13(26-33)16(29)24-12-10-1-2-11(14(18(31)32)28(10)17(12)30)35-20-23-9(7-34-20)8-3-5-22-6-4-8/h3-7,10,12,33H,1-2H2,(H,24,29)(H,31,32)(H2,21,25,27). The number of hydrogen-bond acceptors (Lipinski definition) is 13. The Morgan fingerprint density at radius 1 is 1.28 bits per heavy atom. The van der Waals surface area contributed by atoms with Crippen molar-refractivity contribution >= 4 is 63.3 Å². The number of β-lactam (4-membered cyclic amide) rings is 1. The number of thiazole rings is 1. The van der Waals surface area contributed by atoms with E-state index in [-0.39, 0.29) is 16.7 Å². The summed E-state index contributed by atoms with van der Waals surface area (Å²) in [5.41, 5.74) is 6.52. The molecule has 2 aliphatic rings. The number of fused-ring (bicyclic) bond motifs is 1. The number of aromatic nitrogens is 4. The molecule has 3 aromatic heterocycles. The molecule has 5 rings (SSSR count). The van der Waals surface area contributed by atoms with Crippen molar-refractivity contribution in [2.45, 2.75) is 29.3 Å². The number of nitrogens with one attached hydrogen (secondary N) is 1. The summed E-state index contributed by atoms with van der Waals surface area (Å²) in [6.45, 7) is 0. The third-order valence-corrected chi connectivity index (χ3v) is 8.14. The van der Waals surface area contributed by atoms with Crippen LogP contribution in [0.4, 0.5) is 5.13 Å². The van der Waals surface area contributed by atoms with Gasteiger partial charge in [0.05, 0.1) is 11.7 Å². The number of carboxylic acid groups (broad SMARTS) is 1. The average molecular weight is 545 g/mol. The van der Waals surface area contributed by atoms with E-state index < -0.39 is 35.6 Å². The van der Waals surface area contributed by atoms with Gasteiger partial charge in [-0.25, -0.2) is 9.78 Å². The number of aliphatic carboxylic acids is 1. The van der Waals surface area contributed by atoms with Crippen molar-refractivity contribution in [2.75, 3.05) is 5.73 Å². The van der Waals surface area contributed by atoms with Crippen LogP contribution in [0.25, 0.3) is 11.3 Å². The Balaban J connectivity index is 1.33. The van der Waals surface area contributed by atoms with E-state index in [0.29, 0.717) is 22.1 Å². The molecule has 2 aliphatic heterocycles. The highest BCUT2D eigenvalue weighted by Crippen LogP contribution is 2.44. The summed E-state index contributed by atoms with van der Waals surface area (Å²) in [5.74, 6) is -2.88. The maximum Gasteiger partial charge on any atom is 0.353 e. The number of oxime groups is 1. The van der Waals surface area contributed by atoms with Crippen molar-refractivity contribution in [3.05, 3.63) is 46.3 Å². The molecular formula is C20H16N8O5S3. The lowest BCUT2D eigenvalue weighted by atomic mass is 9.86. The summed E-state index contributed by atoms with van der Waals surface area (Å²) in [6, 6.07) is 2.12. The number of carbonyl (C=O) groups is 3. The first-order valence-corrected chi connectivity index (χ1v) is 12.8. The van der Waals surface area contributed by atoms with Gasteiger partial charge in [0.15, 0.2) is 9.47 Å². The van der Waals surface area contributed by atoms with Gasteiger partial charge >= 0.3 is 5.97 Å². The highest BCUT2D eigenvalue weighted by molar-refractivity contribution is 8.04. The van der Waals surface area contributed by atoms with E-state index in [1.54, 1.807) is 12.4 Å². The van der Waals surface area contributed by atoms with Crippen LogP contribution >= 0.6 is 34.6 Å². The lowest BCUT2D eigenvalue weighted by molar-refractivity contribution is -0.155. The van der Waals surface area contributed by atoms with Crippen LogP contribution in [-0.2, 0) is 14.4 Å². The van der Waals surface area contributed by atoms with E-state index >= 15 is 0 Å². The fraction of sp³-hybridized carbons (Fsp3) is 0.200. The molecule has 13 nitrogen and oxygen atoms in total. The first-order valence-electron chi connectivity index (χ1n) is 10.3. The summed E-state index contributed by atoms with van der Waals surface area (Å²) < 4.78 is 4.47. The van der Waals surface area contributed by atoms with Gasteiger partial charge in [-0.05, 0) is 25.0 Å². The van der Waals surface area contributed by atoms with Crippen molar-refractivity contribution in [3.63, 3.8) is 0 Å². The monoisotopic (exact) mass is 544 g/mol. The SMILES string of the molecule is Nc1nc(C(=NO)C(=O)NC2C(=O)N3C(C(=O)O)=C(Sc4nc(-c5ccncc5)cs4)CCC23)ns1. The Morgan fingerprint density at radius 3 is 2.72 bits per heavy atom. The highest BCUT2D eigenvalue weighted by Gasteiger charge is 2.54. The van der Waals surface area contributed by atoms with E-state index in [4.69, 9.17) is 5.73 Å². The van der Waals surface area contributed by atoms with Gasteiger partial charge in [0.2, 0.25) is 11.5 Å². The largest absolute Gasteiger partial charge is 0.477 e. The normalized spacial score (nSPS) is 19.6. The Bertz CT molecular complexity index is 1420. The second-order valence-corrected chi connectivity index (χ2v) is 10.6. The van der Waals surface area contributed by atoms with Gasteiger partial charge in [-0.2, -0.15) is 9.36 Å². The minimum absolute atomic E-state index is 0.0755. The molecule has 0 saturated carbocycles. The van der Waals surface area contributed by atoms with Crippen LogP contribution in [-0.4, -0.2) is 70.1 Å². The number of hydrogen-bond donors (Lipinski definition) is 4.